The van der Waals surface area contributed by atoms with Crippen molar-refractivity contribution in [2.75, 3.05) is 19.5 Å². The molecule has 0 spiro atoms. The standard InChI is InChI=1S/C14H13NO4S/c1-18-10-6-4-3-5-9(10)15-13(16)11-7-8-12(20-11)14(17)19-2/h3-8H,1-2H3,(H,15,16). The number of ether oxygens (including phenoxy) is 2. The number of hydrogen-bond donors (Lipinski definition) is 1. The van der Waals surface area contributed by atoms with Crippen LogP contribution in [0.1, 0.15) is 19.3 Å². The Morgan fingerprint density at radius 2 is 1.75 bits per heavy atom. The minimum absolute atomic E-state index is 0.297. The van der Waals surface area contributed by atoms with Gasteiger partial charge in [-0.05, 0) is 24.3 Å². The summed E-state index contributed by atoms with van der Waals surface area (Å²) in [6.07, 6.45) is 0. The number of amides is 1. The lowest BCUT2D eigenvalue weighted by Gasteiger charge is -2.08. The minimum Gasteiger partial charge on any atom is -0.495 e. The van der Waals surface area contributed by atoms with Gasteiger partial charge in [0, 0.05) is 0 Å². The molecule has 1 heterocycles. The van der Waals surface area contributed by atoms with E-state index in [2.05, 4.69) is 10.1 Å². The zero-order valence-electron chi connectivity index (χ0n) is 11.0. The fourth-order valence-corrected chi connectivity index (χ4v) is 2.42. The summed E-state index contributed by atoms with van der Waals surface area (Å²) in [6, 6.07) is 10.3. The van der Waals surface area contributed by atoms with Gasteiger partial charge >= 0.3 is 5.97 Å². The molecule has 0 saturated carbocycles. The average Bonchev–Trinajstić information content (AvgIpc) is 2.97. The van der Waals surface area contributed by atoms with Crippen LogP contribution in [0.3, 0.4) is 0 Å². The Kier molecular flexibility index (Phi) is 4.37. The van der Waals surface area contributed by atoms with Crippen LogP contribution in [0.2, 0.25) is 0 Å². The molecule has 104 valence electrons. The van der Waals surface area contributed by atoms with Gasteiger partial charge in [-0.25, -0.2) is 4.79 Å². The van der Waals surface area contributed by atoms with E-state index in [1.807, 2.05) is 6.07 Å². The van der Waals surface area contributed by atoms with Crippen molar-refractivity contribution in [3.63, 3.8) is 0 Å². The maximum absolute atomic E-state index is 12.1. The van der Waals surface area contributed by atoms with Crippen molar-refractivity contribution in [1.29, 1.82) is 0 Å². The van der Waals surface area contributed by atoms with Crippen molar-refractivity contribution in [2.45, 2.75) is 0 Å². The quantitative estimate of drug-likeness (QED) is 0.880. The lowest BCUT2D eigenvalue weighted by Crippen LogP contribution is -2.10. The van der Waals surface area contributed by atoms with Gasteiger partial charge in [0.1, 0.15) is 10.6 Å². The van der Waals surface area contributed by atoms with Crippen LogP contribution in [-0.2, 0) is 4.74 Å². The first-order valence-electron chi connectivity index (χ1n) is 5.78. The van der Waals surface area contributed by atoms with Gasteiger partial charge in [0.15, 0.2) is 0 Å². The summed E-state index contributed by atoms with van der Waals surface area (Å²) < 4.78 is 9.76. The molecule has 5 nitrogen and oxygen atoms in total. The SMILES string of the molecule is COC(=O)c1ccc(C(=O)Nc2ccccc2OC)s1. The second kappa shape index (κ2) is 6.21. The number of para-hydroxylation sites is 2. The van der Waals surface area contributed by atoms with Crippen LogP contribution < -0.4 is 10.1 Å². The van der Waals surface area contributed by atoms with Crippen LogP contribution in [0, 0.1) is 0 Å². The Hall–Kier alpha value is -2.34. The van der Waals surface area contributed by atoms with E-state index in [0.717, 1.165) is 11.3 Å². The third kappa shape index (κ3) is 2.97. The predicted molar refractivity (Wildman–Crippen MR) is 76.6 cm³/mol. The molecule has 20 heavy (non-hydrogen) atoms. The normalized spacial score (nSPS) is 9.90. The van der Waals surface area contributed by atoms with Crippen LogP contribution in [0.5, 0.6) is 5.75 Å². The number of esters is 1. The second-order valence-electron chi connectivity index (χ2n) is 3.81. The van der Waals surface area contributed by atoms with Crippen LogP contribution in [-0.4, -0.2) is 26.1 Å². The summed E-state index contributed by atoms with van der Waals surface area (Å²) >= 11 is 1.08. The van der Waals surface area contributed by atoms with E-state index < -0.39 is 5.97 Å². The Balaban J connectivity index is 2.16. The molecule has 1 amide bonds. The zero-order chi connectivity index (χ0) is 14.5. The molecule has 0 saturated heterocycles. The van der Waals surface area contributed by atoms with Gasteiger partial charge in [0.2, 0.25) is 0 Å². The van der Waals surface area contributed by atoms with Gasteiger partial charge in [-0.3, -0.25) is 4.79 Å². The first-order valence-corrected chi connectivity index (χ1v) is 6.60. The molecule has 6 heteroatoms. The van der Waals surface area contributed by atoms with Crippen LogP contribution in [0.4, 0.5) is 5.69 Å². The van der Waals surface area contributed by atoms with Gasteiger partial charge in [0.05, 0.1) is 24.8 Å². The van der Waals surface area contributed by atoms with Gasteiger partial charge in [-0.2, -0.15) is 0 Å². The van der Waals surface area contributed by atoms with Crippen LogP contribution >= 0.6 is 11.3 Å². The molecular weight excluding hydrogens is 278 g/mol. The highest BCUT2D eigenvalue weighted by Gasteiger charge is 2.15. The van der Waals surface area contributed by atoms with E-state index in [0.29, 0.717) is 21.2 Å². The van der Waals surface area contributed by atoms with Crippen molar-refractivity contribution in [1.82, 2.24) is 0 Å². The largest absolute Gasteiger partial charge is 0.495 e. The molecule has 0 bridgehead atoms. The summed E-state index contributed by atoms with van der Waals surface area (Å²) in [6.45, 7) is 0. The third-order valence-electron chi connectivity index (χ3n) is 2.57. The van der Waals surface area contributed by atoms with Crippen LogP contribution in [0.15, 0.2) is 36.4 Å². The van der Waals surface area contributed by atoms with E-state index in [4.69, 9.17) is 4.74 Å². The predicted octanol–water partition coefficient (Wildman–Crippen LogP) is 2.80. The number of carbonyl (C=O) groups excluding carboxylic acids is 2. The maximum Gasteiger partial charge on any atom is 0.348 e. The Morgan fingerprint density at radius 3 is 2.45 bits per heavy atom. The number of thiophene rings is 1. The Morgan fingerprint density at radius 1 is 1.05 bits per heavy atom. The molecule has 1 aromatic carbocycles. The first-order chi connectivity index (χ1) is 9.65. The summed E-state index contributed by atoms with van der Waals surface area (Å²) in [7, 11) is 2.84. The molecule has 0 fully saturated rings. The number of hydrogen-bond acceptors (Lipinski definition) is 5. The molecule has 0 radical (unpaired) electrons. The van der Waals surface area contributed by atoms with Crippen molar-refractivity contribution in [3.05, 3.63) is 46.2 Å². The van der Waals surface area contributed by atoms with E-state index in [9.17, 15) is 9.59 Å². The molecular formula is C14H13NO4S. The number of benzene rings is 1. The zero-order valence-corrected chi connectivity index (χ0v) is 11.8. The molecule has 1 N–H and O–H groups in total. The van der Waals surface area contributed by atoms with E-state index in [-0.39, 0.29) is 5.91 Å². The lowest BCUT2D eigenvalue weighted by molar-refractivity contribution is 0.0606. The smallest absolute Gasteiger partial charge is 0.348 e. The van der Waals surface area contributed by atoms with Crippen molar-refractivity contribution < 1.29 is 19.1 Å². The van der Waals surface area contributed by atoms with Gasteiger partial charge in [-0.1, -0.05) is 12.1 Å². The summed E-state index contributed by atoms with van der Waals surface area (Å²) in [5.41, 5.74) is 0.577. The number of nitrogens with one attached hydrogen (secondary N) is 1. The van der Waals surface area contributed by atoms with E-state index >= 15 is 0 Å². The minimum atomic E-state index is -0.452. The molecule has 0 aliphatic rings. The summed E-state index contributed by atoms with van der Waals surface area (Å²) in [5, 5.41) is 2.74. The van der Waals surface area contributed by atoms with Gasteiger partial charge in [0.25, 0.3) is 5.91 Å². The van der Waals surface area contributed by atoms with Gasteiger partial charge < -0.3 is 14.8 Å². The monoisotopic (exact) mass is 291 g/mol. The molecule has 0 unspecified atom stereocenters. The third-order valence-corrected chi connectivity index (χ3v) is 3.64. The number of anilines is 1. The highest BCUT2D eigenvalue weighted by molar-refractivity contribution is 7.16. The number of rotatable bonds is 4. The fraction of sp³-hybridized carbons (Fsp3) is 0.143. The molecule has 0 aliphatic heterocycles. The average molecular weight is 291 g/mol. The Labute approximate surface area is 120 Å². The number of methoxy groups -OCH3 is 2. The molecule has 0 atom stereocenters. The van der Waals surface area contributed by atoms with Crippen LogP contribution in [0.25, 0.3) is 0 Å². The molecule has 2 aromatic rings. The molecule has 0 aliphatic carbocycles. The molecule has 1 aromatic heterocycles. The highest BCUT2D eigenvalue weighted by atomic mass is 32.1. The fourth-order valence-electron chi connectivity index (χ4n) is 1.60. The Bertz CT molecular complexity index is 636. The summed E-state index contributed by atoms with van der Waals surface area (Å²) in [5.74, 6) is -0.174. The lowest BCUT2D eigenvalue weighted by atomic mass is 10.3. The van der Waals surface area contributed by atoms with E-state index in [1.54, 1.807) is 30.3 Å². The summed E-state index contributed by atoms with van der Waals surface area (Å²) in [4.78, 5) is 24.3. The molecule has 2 rings (SSSR count). The van der Waals surface area contributed by atoms with Gasteiger partial charge in [-0.15, -0.1) is 11.3 Å². The maximum atomic E-state index is 12.1. The highest BCUT2D eigenvalue weighted by Crippen LogP contribution is 2.25. The number of carbonyl (C=O) groups is 2. The van der Waals surface area contributed by atoms with Crippen molar-refractivity contribution >= 4 is 28.9 Å². The van der Waals surface area contributed by atoms with Crippen molar-refractivity contribution in [2.24, 2.45) is 0 Å². The van der Waals surface area contributed by atoms with E-state index in [1.165, 1.54) is 14.2 Å². The topological polar surface area (TPSA) is 64.6 Å². The second-order valence-corrected chi connectivity index (χ2v) is 4.89. The first kappa shape index (κ1) is 14.1. The van der Waals surface area contributed by atoms with Crippen molar-refractivity contribution in [3.8, 4) is 5.75 Å².